The third-order valence-electron chi connectivity index (χ3n) is 5.78. The Morgan fingerprint density at radius 3 is 2.57 bits per heavy atom. The SMILES string of the molecule is CCc1cccc(CNC[C@H](O)[C@@H](Cc2cc(F)cc(F)c2)NC(=O)c2cc3cnccc3s2)c1. The maximum atomic E-state index is 13.8. The lowest BCUT2D eigenvalue weighted by atomic mass is 10.0. The summed E-state index contributed by atoms with van der Waals surface area (Å²) in [7, 11) is 0. The molecular weight excluding hydrogens is 468 g/mol. The first-order valence-electron chi connectivity index (χ1n) is 11.5. The number of aliphatic hydroxyl groups excluding tert-OH is 1. The molecule has 4 aromatic rings. The second-order valence-electron chi connectivity index (χ2n) is 8.46. The van der Waals surface area contributed by atoms with E-state index in [9.17, 15) is 18.7 Å². The van der Waals surface area contributed by atoms with Gasteiger partial charge in [0.1, 0.15) is 11.6 Å². The molecule has 182 valence electrons. The third-order valence-corrected chi connectivity index (χ3v) is 6.90. The Bertz CT molecular complexity index is 1260. The fourth-order valence-electron chi connectivity index (χ4n) is 3.97. The first-order valence-corrected chi connectivity index (χ1v) is 12.3. The van der Waals surface area contributed by atoms with Crippen LogP contribution in [0.25, 0.3) is 10.1 Å². The number of fused-ring (bicyclic) bond motifs is 1. The van der Waals surface area contributed by atoms with E-state index in [1.165, 1.54) is 29.0 Å². The molecule has 0 fully saturated rings. The fraction of sp³-hybridized carbons (Fsp3) is 0.259. The number of thiophene rings is 1. The van der Waals surface area contributed by atoms with Crippen molar-refractivity contribution in [2.24, 2.45) is 0 Å². The lowest BCUT2D eigenvalue weighted by molar-refractivity contribution is 0.0833. The minimum atomic E-state index is -0.990. The standard InChI is InChI=1S/C27H27F2N3O2S/c1-2-17-4-3-5-18(8-17)14-31-16-24(33)23(11-19-9-21(28)13-22(29)10-19)32-27(34)26-12-20-15-30-7-6-25(20)35-26/h3-10,12-13,15,23-24,31,33H,2,11,14,16H2,1H3,(H,32,34)/t23-,24+/m1/s1. The molecule has 0 aliphatic heterocycles. The van der Waals surface area contributed by atoms with Crippen LogP contribution < -0.4 is 10.6 Å². The summed E-state index contributed by atoms with van der Waals surface area (Å²) < 4.78 is 28.5. The summed E-state index contributed by atoms with van der Waals surface area (Å²) in [5.74, 6) is -1.77. The smallest absolute Gasteiger partial charge is 0.261 e. The van der Waals surface area contributed by atoms with Gasteiger partial charge >= 0.3 is 0 Å². The van der Waals surface area contributed by atoms with Gasteiger partial charge in [-0.05, 0) is 53.8 Å². The summed E-state index contributed by atoms with van der Waals surface area (Å²) in [6.45, 7) is 2.82. The number of amides is 1. The second-order valence-corrected chi connectivity index (χ2v) is 9.54. The van der Waals surface area contributed by atoms with E-state index in [-0.39, 0.29) is 18.9 Å². The molecule has 2 atom stereocenters. The zero-order chi connectivity index (χ0) is 24.8. The van der Waals surface area contributed by atoms with Crippen molar-refractivity contribution < 1.29 is 18.7 Å². The highest BCUT2D eigenvalue weighted by Gasteiger charge is 2.24. The van der Waals surface area contributed by atoms with E-state index >= 15 is 0 Å². The Morgan fingerprint density at radius 1 is 1.06 bits per heavy atom. The number of hydrogen-bond acceptors (Lipinski definition) is 5. The summed E-state index contributed by atoms with van der Waals surface area (Å²) in [6, 6.07) is 14.2. The lowest BCUT2D eigenvalue weighted by Crippen LogP contribution is -2.48. The number of benzene rings is 2. The first kappa shape index (κ1) is 24.9. The van der Waals surface area contributed by atoms with Gasteiger partial charge in [0, 0.05) is 41.6 Å². The molecule has 5 nitrogen and oxygen atoms in total. The highest BCUT2D eigenvalue weighted by Crippen LogP contribution is 2.24. The molecule has 0 unspecified atom stereocenters. The van der Waals surface area contributed by atoms with Crippen LogP contribution >= 0.6 is 11.3 Å². The van der Waals surface area contributed by atoms with Crippen LogP contribution in [0.15, 0.2) is 67.0 Å². The summed E-state index contributed by atoms with van der Waals surface area (Å²) >= 11 is 1.32. The number of nitrogens with one attached hydrogen (secondary N) is 2. The zero-order valence-electron chi connectivity index (χ0n) is 19.3. The third kappa shape index (κ3) is 6.69. The van der Waals surface area contributed by atoms with Crippen molar-refractivity contribution in [1.29, 1.82) is 0 Å². The number of halogens is 2. The number of rotatable bonds is 10. The molecule has 0 bridgehead atoms. The quantitative estimate of drug-likeness (QED) is 0.300. The monoisotopic (exact) mass is 495 g/mol. The topological polar surface area (TPSA) is 74.2 Å². The van der Waals surface area contributed by atoms with Crippen LogP contribution in [0, 0.1) is 11.6 Å². The summed E-state index contributed by atoms with van der Waals surface area (Å²) in [6.07, 6.45) is 3.36. The van der Waals surface area contributed by atoms with Gasteiger partial charge in [0.2, 0.25) is 0 Å². The Balaban J connectivity index is 1.47. The maximum absolute atomic E-state index is 13.8. The summed E-state index contributed by atoms with van der Waals surface area (Å²) in [5.41, 5.74) is 2.66. The van der Waals surface area contributed by atoms with Gasteiger partial charge in [-0.2, -0.15) is 0 Å². The van der Waals surface area contributed by atoms with Gasteiger partial charge in [0.15, 0.2) is 0 Å². The minimum absolute atomic E-state index is 0.0705. The van der Waals surface area contributed by atoms with Crippen molar-refractivity contribution in [3.05, 3.63) is 100 Å². The van der Waals surface area contributed by atoms with Crippen molar-refractivity contribution in [3.8, 4) is 0 Å². The summed E-state index contributed by atoms with van der Waals surface area (Å²) in [5, 5.41) is 17.9. The van der Waals surface area contributed by atoms with Crippen molar-refractivity contribution in [1.82, 2.24) is 15.6 Å². The van der Waals surface area contributed by atoms with Crippen LogP contribution in [0.3, 0.4) is 0 Å². The van der Waals surface area contributed by atoms with Gasteiger partial charge in [-0.25, -0.2) is 8.78 Å². The number of nitrogens with zero attached hydrogens (tertiary/aromatic N) is 1. The predicted molar refractivity (Wildman–Crippen MR) is 134 cm³/mol. The molecule has 35 heavy (non-hydrogen) atoms. The van der Waals surface area contributed by atoms with E-state index in [0.717, 1.165) is 28.1 Å². The minimum Gasteiger partial charge on any atom is -0.390 e. The molecule has 2 aromatic carbocycles. The molecular formula is C27H27F2N3O2S. The number of aryl methyl sites for hydroxylation is 1. The van der Waals surface area contributed by atoms with Crippen molar-refractivity contribution in [2.45, 2.75) is 38.5 Å². The average molecular weight is 496 g/mol. The van der Waals surface area contributed by atoms with Gasteiger partial charge in [-0.3, -0.25) is 9.78 Å². The van der Waals surface area contributed by atoms with E-state index in [2.05, 4.69) is 34.7 Å². The Labute approximate surface area is 206 Å². The number of pyridine rings is 1. The number of carbonyl (C=O) groups is 1. The van der Waals surface area contributed by atoms with Gasteiger partial charge < -0.3 is 15.7 Å². The molecule has 0 aliphatic rings. The van der Waals surface area contributed by atoms with E-state index in [0.29, 0.717) is 17.0 Å². The molecule has 4 rings (SSSR count). The van der Waals surface area contributed by atoms with Crippen LogP contribution in [0.2, 0.25) is 0 Å². The Hall–Kier alpha value is -3.20. The number of aliphatic hydroxyl groups is 1. The zero-order valence-corrected chi connectivity index (χ0v) is 20.1. The maximum Gasteiger partial charge on any atom is 0.261 e. The Morgan fingerprint density at radius 2 is 1.83 bits per heavy atom. The molecule has 8 heteroatoms. The average Bonchev–Trinajstić information content (AvgIpc) is 3.28. The molecule has 2 aromatic heterocycles. The molecule has 1 amide bonds. The normalized spacial score (nSPS) is 13.0. The van der Waals surface area contributed by atoms with Crippen LogP contribution in [0.5, 0.6) is 0 Å². The van der Waals surface area contributed by atoms with Gasteiger partial charge in [-0.15, -0.1) is 11.3 Å². The molecule has 0 aliphatic carbocycles. The second kappa shape index (κ2) is 11.5. The van der Waals surface area contributed by atoms with E-state index in [1.807, 2.05) is 18.2 Å². The number of hydrogen-bond donors (Lipinski definition) is 3. The highest BCUT2D eigenvalue weighted by molar-refractivity contribution is 7.20. The van der Waals surface area contributed by atoms with E-state index in [1.54, 1.807) is 18.5 Å². The van der Waals surface area contributed by atoms with Gasteiger partial charge in [0.25, 0.3) is 5.91 Å². The molecule has 0 spiro atoms. The fourth-order valence-corrected chi connectivity index (χ4v) is 4.90. The molecule has 2 heterocycles. The van der Waals surface area contributed by atoms with E-state index in [4.69, 9.17) is 0 Å². The van der Waals surface area contributed by atoms with Gasteiger partial charge in [0.05, 0.1) is 17.0 Å². The van der Waals surface area contributed by atoms with Crippen LogP contribution in [0.1, 0.15) is 33.3 Å². The summed E-state index contributed by atoms with van der Waals surface area (Å²) in [4.78, 5) is 17.6. The van der Waals surface area contributed by atoms with E-state index < -0.39 is 23.8 Å². The van der Waals surface area contributed by atoms with Crippen LogP contribution in [0.4, 0.5) is 8.78 Å². The molecule has 0 saturated carbocycles. The number of aromatic nitrogens is 1. The largest absolute Gasteiger partial charge is 0.390 e. The number of carbonyl (C=O) groups excluding carboxylic acids is 1. The molecule has 0 saturated heterocycles. The van der Waals surface area contributed by atoms with Gasteiger partial charge in [-0.1, -0.05) is 31.2 Å². The lowest BCUT2D eigenvalue weighted by Gasteiger charge is -2.25. The van der Waals surface area contributed by atoms with Crippen molar-refractivity contribution in [3.63, 3.8) is 0 Å². The molecule has 3 N–H and O–H groups in total. The van der Waals surface area contributed by atoms with Crippen molar-refractivity contribution >= 4 is 27.3 Å². The van der Waals surface area contributed by atoms with Crippen molar-refractivity contribution in [2.75, 3.05) is 6.54 Å². The van der Waals surface area contributed by atoms with Crippen LogP contribution in [-0.2, 0) is 19.4 Å². The Kier molecular flexibility index (Phi) is 8.17. The first-order chi connectivity index (χ1) is 16.9. The predicted octanol–water partition coefficient (Wildman–Crippen LogP) is 4.63. The van der Waals surface area contributed by atoms with Crippen LogP contribution in [-0.4, -0.2) is 34.7 Å². The highest BCUT2D eigenvalue weighted by atomic mass is 32.1. The molecule has 0 radical (unpaired) electrons.